The van der Waals surface area contributed by atoms with E-state index in [9.17, 15) is 0 Å². The highest BCUT2D eigenvalue weighted by molar-refractivity contribution is 5.26. The fraction of sp³-hybridized carbons (Fsp3) is 0.308. The first kappa shape index (κ1) is 10.7. The molecular formula is C13H17N3. The summed E-state index contributed by atoms with van der Waals surface area (Å²) in [7, 11) is 0. The third kappa shape index (κ3) is 2.63. The Kier molecular flexibility index (Phi) is 3.59. The standard InChI is InChI=1S/C13H17N3/c1-2-16-11-10-15-13(16)14-9-8-12-6-4-3-5-7-12/h3-7,10-11H,2,8-9H2,1H3,(H,14,15). The summed E-state index contributed by atoms with van der Waals surface area (Å²) in [6.07, 6.45) is 4.84. The van der Waals surface area contributed by atoms with Crippen molar-refractivity contribution >= 4 is 5.95 Å². The van der Waals surface area contributed by atoms with Crippen molar-refractivity contribution in [3.8, 4) is 0 Å². The van der Waals surface area contributed by atoms with Crippen molar-refractivity contribution in [2.75, 3.05) is 11.9 Å². The summed E-state index contributed by atoms with van der Waals surface area (Å²) in [5, 5.41) is 3.34. The van der Waals surface area contributed by atoms with E-state index in [1.807, 2.05) is 18.5 Å². The van der Waals surface area contributed by atoms with E-state index >= 15 is 0 Å². The summed E-state index contributed by atoms with van der Waals surface area (Å²) in [6, 6.07) is 10.5. The Labute approximate surface area is 96.1 Å². The molecule has 0 radical (unpaired) electrons. The number of aryl methyl sites for hydroxylation is 1. The monoisotopic (exact) mass is 215 g/mol. The lowest BCUT2D eigenvalue weighted by Crippen LogP contribution is -2.09. The zero-order valence-electron chi connectivity index (χ0n) is 9.56. The molecule has 2 aromatic rings. The minimum atomic E-state index is 0.918. The van der Waals surface area contributed by atoms with Crippen LogP contribution in [0.3, 0.4) is 0 Å². The summed E-state index contributed by atoms with van der Waals surface area (Å²) in [5.41, 5.74) is 1.35. The molecule has 0 atom stereocenters. The van der Waals surface area contributed by atoms with Crippen molar-refractivity contribution in [2.24, 2.45) is 0 Å². The molecule has 16 heavy (non-hydrogen) atoms. The maximum atomic E-state index is 4.27. The van der Waals surface area contributed by atoms with Gasteiger partial charge in [0.05, 0.1) is 0 Å². The molecule has 0 spiro atoms. The molecule has 1 N–H and O–H groups in total. The highest BCUT2D eigenvalue weighted by atomic mass is 15.2. The van der Waals surface area contributed by atoms with Gasteiger partial charge in [-0.3, -0.25) is 0 Å². The predicted octanol–water partition coefficient (Wildman–Crippen LogP) is 2.56. The van der Waals surface area contributed by atoms with Crippen LogP contribution in [-0.2, 0) is 13.0 Å². The number of benzene rings is 1. The van der Waals surface area contributed by atoms with E-state index < -0.39 is 0 Å². The molecular weight excluding hydrogens is 198 g/mol. The van der Waals surface area contributed by atoms with E-state index in [-0.39, 0.29) is 0 Å². The lowest BCUT2D eigenvalue weighted by Gasteiger charge is -2.07. The van der Waals surface area contributed by atoms with Gasteiger partial charge in [-0.2, -0.15) is 0 Å². The third-order valence-electron chi connectivity index (χ3n) is 2.60. The zero-order chi connectivity index (χ0) is 11.2. The second-order valence-electron chi connectivity index (χ2n) is 3.70. The number of hydrogen-bond acceptors (Lipinski definition) is 2. The highest BCUT2D eigenvalue weighted by Crippen LogP contribution is 2.05. The van der Waals surface area contributed by atoms with Crippen LogP contribution in [0.1, 0.15) is 12.5 Å². The molecule has 3 heteroatoms. The van der Waals surface area contributed by atoms with E-state index in [4.69, 9.17) is 0 Å². The maximum Gasteiger partial charge on any atom is 0.202 e. The average Bonchev–Trinajstić information content (AvgIpc) is 2.78. The van der Waals surface area contributed by atoms with Gasteiger partial charge < -0.3 is 9.88 Å². The Bertz CT molecular complexity index is 420. The van der Waals surface area contributed by atoms with Crippen LogP contribution in [0, 0.1) is 0 Å². The van der Waals surface area contributed by atoms with Crippen molar-refractivity contribution in [1.82, 2.24) is 9.55 Å². The normalized spacial score (nSPS) is 10.3. The second kappa shape index (κ2) is 5.35. The lowest BCUT2D eigenvalue weighted by molar-refractivity contribution is 0.762. The Morgan fingerprint density at radius 2 is 2.06 bits per heavy atom. The smallest absolute Gasteiger partial charge is 0.202 e. The SMILES string of the molecule is CCn1ccnc1NCCc1ccccc1. The van der Waals surface area contributed by atoms with Crippen molar-refractivity contribution in [1.29, 1.82) is 0 Å². The van der Waals surface area contributed by atoms with E-state index in [2.05, 4.69) is 46.1 Å². The lowest BCUT2D eigenvalue weighted by atomic mass is 10.1. The van der Waals surface area contributed by atoms with Crippen LogP contribution in [0.5, 0.6) is 0 Å². The number of nitrogens with one attached hydrogen (secondary N) is 1. The van der Waals surface area contributed by atoms with Crippen molar-refractivity contribution < 1.29 is 0 Å². The Morgan fingerprint density at radius 3 is 2.81 bits per heavy atom. The molecule has 84 valence electrons. The molecule has 2 rings (SSSR count). The van der Waals surface area contributed by atoms with Crippen molar-refractivity contribution in [3.05, 3.63) is 48.3 Å². The number of aromatic nitrogens is 2. The summed E-state index contributed by atoms with van der Waals surface area (Å²) in [4.78, 5) is 4.27. The number of rotatable bonds is 5. The molecule has 0 fully saturated rings. The van der Waals surface area contributed by atoms with Gasteiger partial charge in [0, 0.05) is 25.5 Å². The molecule has 0 saturated carbocycles. The minimum absolute atomic E-state index is 0.918. The van der Waals surface area contributed by atoms with Crippen LogP contribution in [0.25, 0.3) is 0 Å². The summed E-state index contributed by atoms with van der Waals surface area (Å²) < 4.78 is 2.10. The Morgan fingerprint density at radius 1 is 1.25 bits per heavy atom. The molecule has 0 bridgehead atoms. The quantitative estimate of drug-likeness (QED) is 0.830. The average molecular weight is 215 g/mol. The third-order valence-corrected chi connectivity index (χ3v) is 2.60. The van der Waals surface area contributed by atoms with Gasteiger partial charge in [-0.25, -0.2) is 4.98 Å². The predicted molar refractivity (Wildman–Crippen MR) is 66.5 cm³/mol. The number of hydrogen-bond donors (Lipinski definition) is 1. The fourth-order valence-electron chi connectivity index (χ4n) is 1.69. The molecule has 0 aliphatic rings. The first-order valence-electron chi connectivity index (χ1n) is 5.69. The van der Waals surface area contributed by atoms with Crippen molar-refractivity contribution in [3.63, 3.8) is 0 Å². The minimum Gasteiger partial charge on any atom is -0.355 e. The van der Waals surface area contributed by atoms with E-state index in [1.54, 1.807) is 0 Å². The molecule has 0 aliphatic carbocycles. The van der Waals surface area contributed by atoms with E-state index in [0.29, 0.717) is 0 Å². The van der Waals surface area contributed by atoms with Gasteiger partial charge in [0.15, 0.2) is 0 Å². The molecule has 0 amide bonds. The first-order chi connectivity index (χ1) is 7.90. The summed E-state index contributed by atoms with van der Waals surface area (Å²) >= 11 is 0. The molecule has 1 aromatic heterocycles. The van der Waals surface area contributed by atoms with Gasteiger partial charge in [-0.15, -0.1) is 0 Å². The first-order valence-corrected chi connectivity index (χ1v) is 5.69. The van der Waals surface area contributed by atoms with Crippen molar-refractivity contribution in [2.45, 2.75) is 19.9 Å². The highest BCUT2D eigenvalue weighted by Gasteiger charge is 1.99. The van der Waals surface area contributed by atoms with Gasteiger partial charge in [0.1, 0.15) is 0 Å². The van der Waals surface area contributed by atoms with E-state index in [0.717, 1.165) is 25.5 Å². The molecule has 0 saturated heterocycles. The molecule has 3 nitrogen and oxygen atoms in total. The van der Waals surface area contributed by atoms with Crippen LogP contribution in [0.4, 0.5) is 5.95 Å². The van der Waals surface area contributed by atoms with Gasteiger partial charge in [-0.05, 0) is 18.9 Å². The van der Waals surface area contributed by atoms with Crippen LogP contribution < -0.4 is 5.32 Å². The maximum absolute atomic E-state index is 4.27. The molecule has 1 aromatic carbocycles. The second-order valence-corrected chi connectivity index (χ2v) is 3.70. The van der Waals surface area contributed by atoms with Crippen LogP contribution in [-0.4, -0.2) is 16.1 Å². The van der Waals surface area contributed by atoms with Gasteiger partial charge in [-0.1, -0.05) is 30.3 Å². The number of imidazole rings is 1. The van der Waals surface area contributed by atoms with E-state index in [1.165, 1.54) is 5.56 Å². The van der Waals surface area contributed by atoms with Crippen LogP contribution in [0.2, 0.25) is 0 Å². The largest absolute Gasteiger partial charge is 0.355 e. The Balaban J connectivity index is 1.85. The fourth-order valence-corrected chi connectivity index (χ4v) is 1.69. The van der Waals surface area contributed by atoms with Gasteiger partial charge >= 0.3 is 0 Å². The topological polar surface area (TPSA) is 29.9 Å². The number of nitrogens with zero attached hydrogens (tertiary/aromatic N) is 2. The van der Waals surface area contributed by atoms with Crippen LogP contribution >= 0.6 is 0 Å². The molecule has 1 heterocycles. The molecule has 0 aliphatic heterocycles. The summed E-state index contributed by atoms with van der Waals surface area (Å²) in [6.45, 7) is 3.98. The van der Waals surface area contributed by atoms with Gasteiger partial charge in [0.25, 0.3) is 0 Å². The Hall–Kier alpha value is -1.77. The van der Waals surface area contributed by atoms with Gasteiger partial charge in [0.2, 0.25) is 5.95 Å². The zero-order valence-corrected chi connectivity index (χ0v) is 9.56. The number of anilines is 1. The van der Waals surface area contributed by atoms with Crippen LogP contribution in [0.15, 0.2) is 42.7 Å². The molecule has 0 unspecified atom stereocenters. The summed E-state index contributed by atoms with van der Waals surface area (Å²) in [5.74, 6) is 0.957.